The third-order valence-corrected chi connectivity index (χ3v) is 7.74. The molecule has 7 rings (SSSR count). The third-order valence-electron chi connectivity index (χ3n) is 7.74. The highest BCUT2D eigenvalue weighted by Crippen LogP contribution is 2.38. The summed E-state index contributed by atoms with van der Waals surface area (Å²) in [6.45, 7) is 0. The van der Waals surface area contributed by atoms with E-state index in [4.69, 9.17) is 4.42 Å². The number of oxazole rings is 1. The molecule has 3 heteroatoms. The van der Waals surface area contributed by atoms with E-state index in [2.05, 4.69) is 119 Å². The van der Waals surface area contributed by atoms with Crippen molar-refractivity contribution in [3.63, 3.8) is 0 Å². The van der Waals surface area contributed by atoms with Crippen LogP contribution < -0.4 is 4.90 Å². The Morgan fingerprint density at radius 1 is 0.575 bits per heavy atom. The summed E-state index contributed by atoms with van der Waals surface area (Å²) in [5.74, 6) is 0.644. The molecule has 0 spiro atoms. The Morgan fingerprint density at radius 2 is 1.25 bits per heavy atom. The Hall–Kier alpha value is -4.89. The van der Waals surface area contributed by atoms with Gasteiger partial charge in [0, 0.05) is 22.6 Å². The van der Waals surface area contributed by atoms with E-state index < -0.39 is 0 Å². The molecular formula is C37H30N2O. The second kappa shape index (κ2) is 10.7. The van der Waals surface area contributed by atoms with Gasteiger partial charge in [-0.15, -0.1) is 0 Å². The molecule has 2 aliphatic carbocycles. The van der Waals surface area contributed by atoms with Crippen molar-refractivity contribution in [1.82, 2.24) is 4.98 Å². The van der Waals surface area contributed by atoms with Gasteiger partial charge in [-0.2, -0.15) is 0 Å². The lowest BCUT2D eigenvalue weighted by Gasteiger charge is -2.30. The van der Waals surface area contributed by atoms with Gasteiger partial charge in [-0.25, -0.2) is 4.98 Å². The SMILES string of the molecule is C1=CCCC(C2=CC=C(N(c3ccc(-c4ccccc4)cc3)c3ccc(-c4nc5ccccc5o4)cc3)CC2)=C1. The molecule has 0 radical (unpaired) electrons. The first-order valence-electron chi connectivity index (χ1n) is 14.0. The Morgan fingerprint density at radius 3 is 1.93 bits per heavy atom. The number of hydrogen-bond donors (Lipinski definition) is 0. The molecule has 1 heterocycles. The van der Waals surface area contributed by atoms with Crippen molar-refractivity contribution >= 4 is 22.5 Å². The molecular weight excluding hydrogens is 488 g/mol. The van der Waals surface area contributed by atoms with Crippen molar-refractivity contribution in [2.24, 2.45) is 0 Å². The third kappa shape index (κ3) is 4.83. The molecule has 0 aliphatic heterocycles. The zero-order valence-electron chi connectivity index (χ0n) is 22.3. The maximum atomic E-state index is 6.03. The van der Waals surface area contributed by atoms with Crippen molar-refractivity contribution in [2.45, 2.75) is 25.7 Å². The standard InChI is InChI=1S/C37H30N2O/c1-3-9-27(10-4-1)29-15-21-32(22-16-29)39(33-23-17-30(18-24-33)28-11-5-2-6-12-28)34-25-19-31(20-26-34)37-38-35-13-7-8-14-36(35)40-37/h1-5,7-11,13-17,19-23,25-26H,6,12,18,24H2. The molecule has 194 valence electrons. The van der Waals surface area contributed by atoms with E-state index in [1.165, 1.54) is 28.0 Å². The van der Waals surface area contributed by atoms with Gasteiger partial charge in [0.05, 0.1) is 0 Å². The number of anilines is 2. The van der Waals surface area contributed by atoms with Crippen molar-refractivity contribution in [1.29, 1.82) is 0 Å². The van der Waals surface area contributed by atoms with Crippen LogP contribution in [-0.4, -0.2) is 4.98 Å². The van der Waals surface area contributed by atoms with E-state index in [0.717, 1.165) is 53.7 Å². The average molecular weight is 519 g/mol. The normalized spacial score (nSPS) is 14.9. The fourth-order valence-electron chi connectivity index (χ4n) is 5.61. The number of allylic oxidation sites excluding steroid dienone is 8. The van der Waals surface area contributed by atoms with E-state index in [1.54, 1.807) is 0 Å². The van der Waals surface area contributed by atoms with Crippen LogP contribution in [0.1, 0.15) is 25.7 Å². The predicted octanol–water partition coefficient (Wildman–Crippen LogP) is 10.2. The summed E-state index contributed by atoms with van der Waals surface area (Å²) >= 11 is 0. The number of para-hydroxylation sites is 2. The Kier molecular flexibility index (Phi) is 6.47. The van der Waals surface area contributed by atoms with Crippen LogP contribution in [0, 0.1) is 0 Å². The number of rotatable bonds is 6. The molecule has 1 aromatic heterocycles. The second-order valence-electron chi connectivity index (χ2n) is 10.3. The van der Waals surface area contributed by atoms with Crippen LogP contribution in [0.2, 0.25) is 0 Å². The second-order valence-corrected chi connectivity index (χ2v) is 10.3. The number of fused-ring (bicyclic) bond motifs is 1. The van der Waals surface area contributed by atoms with Crippen molar-refractivity contribution in [3.05, 3.63) is 150 Å². The monoisotopic (exact) mass is 518 g/mol. The first kappa shape index (κ1) is 24.2. The highest BCUT2D eigenvalue weighted by molar-refractivity contribution is 5.78. The maximum absolute atomic E-state index is 6.03. The molecule has 0 saturated heterocycles. The summed E-state index contributed by atoms with van der Waals surface area (Å²) in [5, 5.41) is 0. The molecule has 0 fully saturated rings. The minimum atomic E-state index is 0.644. The Balaban J connectivity index is 1.24. The van der Waals surface area contributed by atoms with E-state index in [1.807, 2.05) is 24.3 Å². The topological polar surface area (TPSA) is 29.3 Å². The summed E-state index contributed by atoms with van der Waals surface area (Å²) < 4.78 is 6.03. The van der Waals surface area contributed by atoms with Gasteiger partial charge < -0.3 is 9.32 Å². The quantitative estimate of drug-likeness (QED) is 0.224. The summed E-state index contributed by atoms with van der Waals surface area (Å²) in [6.07, 6.45) is 15.6. The van der Waals surface area contributed by atoms with E-state index in [0.29, 0.717) is 5.89 Å². The minimum absolute atomic E-state index is 0.644. The van der Waals surface area contributed by atoms with Gasteiger partial charge in [-0.1, -0.05) is 78.9 Å². The highest BCUT2D eigenvalue weighted by Gasteiger charge is 2.19. The van der Waals surface area contributed by atoms with Crippen molar-refractivity contribution < 1.29 is 4.42 Å². The van der Waals surface area contributed by atoms with E-state index in [-0.39, 0.29) is 0 Å². The molecule has 2 aliphatic rings. The van der Waals surface area contributed by atoms with Crippen LogP contribution in [0.4, 0.5) is 11.4 Å². The summed E-state index contributed by atoms with van der Waals surface area (Å²) in [4.78, 5) is 7.07. The summed E-state index contributed by atoms with van der Waals surface area (Å²) in [5.41, 5.74) is 11.6. The number of nitrogens with zero attached hydrogens (tertiary/aromatic N) is 2. The molecule has 0 saturated carbocycles. The molecule has 3 nitrogen and oxygen atoms in total. The largest absolute Gasteiger partial charge is 0.436 e. The zero-order valence-corrected chi connectivity index (χ0v) is 22.3. The Labute approximate surface area is 235 Å². The smallest absolute Gasteiger partial charge is 0.227 e. The first-order valence-corrected chi connectivity index (χ1v) is 14.0. The Bertz CT molecular complexity index is 1740. The number of hydrogen-bond acceptors (Lipinski definition) is 3. The maximum Gasteiger partial charge on any atom is 0.227 e. The van der Waals surface area contributed by atoms with Crippen molar-refractivity contribution in [2.75, 3.05) is 4.90 Å². The molecule has 0 bridgehead atoms. The molecule has 0 amide bonds. The van der Waals surface area contributed by atoms with Crippen LogP contribution >= 0.6 is 0 Å². The van der Waals surface area contributed by atoms with E-state index in [9.17, 15) is 0 Å². The van der Waals surface area contributed by atoms with Crippen LogP contribution in [0.3, 0.4) is 0 Å². The van der Waals surface area contributed by atoms with Gasteiger partial charge in [0.2, 0.25) is 5.89 Å². The fraction of sp³-hybridized carbons (Fsp3) is 0.108. The highest BCUT2D eigenvalue weighted by atomic mass is 16.3. The molecule has 0 N–H and O–H groups in total. The van der Waals surface area contributed by atoms with Gasteiger partial charge >= 0.3 is 0 Å². The van der Waals surface area contributed by atoms with Crippen LogP contribution in [0.5, 0.6) is 0 Å². The lowest BCUT2D eigenvalue weighted by molar-refractivity contribution is 0.620. The lowest BCUT2D eigenvalue weighted by atomic mass is 9.90. The molecule has 5 aromatic rings. The zero-order chi connectivity index (χ0) is 26.7. The van der Waals surface area contributed by atoms with E-state index >= 15 is 0 Å². The van der Waals surface area contributed by atoms with Gasteiger partial charge in [-0.05, 0) is 103 Å². The van der Waals surface area contributed by atoms with Gasteiger partial charge in [0.15, 0.2) is 5.58 Å². The number of aromatic nitrogens is 1. The lowest BCUT2D eigenvalue weighted by Crippen LogP contribution is -2.18. The van der Waals surface area contributed by atoms with Crippen LogP contribution in [0.25, 0.3) is 33.7 Å². The molecule has 0 unspecified atom stereocenters. The molecule has 0 atom stereocenters. The summed E-state index contributed by atoms with van der Waals surface area (Å²) in [7, 11) is 0. The van der Waals surface area contributed by atoms with Gasteiger partial charge in [0.1, 0.15) is 5.52 Å². The number of benzene rings is 4. The van der Waals surface area contributed by atoms with Crippen LogP contribution in [-0.2, 0) is 0 Å². The van der Waals surface area contributed by atoms with Crippen molar-refractivity contribution in [3.8, 4) is 22.6 Å². The van der Waals surface area contributed by atoms with Crippen LogP contribution in [0.15, 0.2) is 155 Å². The first-order chi connectivity index (χ1) is 19.8. The summed E-state index contributed by atoms with van der Waals surface area (Å²) in [6, 6.07) is 35.9. The molecule has 4 aromatic carbocycles. The predicted molar refractivity (Wildman–Crippen MR) is 165 cm³/mol. The van der Waals surface area contributed by atoms with Gasteiger partial charge in [-0.3, -0.25) is 0 Å². The van der Waals surface area contributed by atoms with Gasteiger partial charge in [0.25, 0.3) is 0 Å². The average Bonchev–Trinajstić information content (AvgIpc) is 3.48. The fourth-order valence-corrected chi connectivity index (χ4v) is 5.61. The minimum Gasteiger partial charge on any atom is -0.436 e. The molecule has 40 heavy (non-hydrogen) atoms.